The van der Waals surface area contributed by atoms with Crippen LogP contribution in [0.5, 0.6) is 0 Å². The number of imide groups is 2. The smallest absolute Gasteiger partial charge is 0.262 e. The summed E-state index contributed by atoms with van der Waals surface area (Å²) in [5.41, 5.74) is 2.66. The SMILES string of the molecule is O=C([C@@H](Cc1ccccc1)N1C(=O)c2ccccc2C1=O)N1CCOCCN(C(=O)[C@H](Cc2ccccc2)N2C(=O)c3ccccc3C2=O)CCOCC1. The van der Waals surface area contributed by atoms with Gasteiger partial charge in [0.25, 0.3) is 23.6 Å². The summed E-state index contributed by atoms with van der Waals surface area (Å²) in [5, 5.41) is 0. The van der Waals surface area contributed by atoms with Gasteiger partial charge < -0.3 is 19.3 Å². The summed E-state index contributed by atoms with van der Waals surface area (Å²) in [6.45, 7) is 1.04. The monoisotopic (exact) mass is 728 g/mol. The van der Waals surface area contributed by atoms with Crippen LogP contribution in [0.4, 0.5) is 0 Å². The first-order valence-corrected chi connectivity index (χ1v) is 18.1. The lowest BCUT2D eigenvalue weighted by Crippen LogP contribution is -2.54. The molecule has 6 amide bonds. The molecule has 0 aliphatic carbocycles. The summed E-state index contributed by atoms with van der Waals surface area (Å²) >= 11 is 0. The number of nitrogens with zero attached hydrogens (tertiary/aromatic N) is 4. The highest BCUT2D eigenvalue weighted by molar-refractivity contribution is 6.23. The molecule has 0 spiro atoms. The van der Waals surface area contributed by atoms with Gasteiger partial charge in [0.15, 0.2) is 0 Å². The maximum atomic E-state index is 14.3. The minimum Gasteiger partial charge on any atom is -0.378 e. The number of hydrogen-bond acceptors (Lipinski definition) is 8. The lowest BCUT2D eigenvalue weighted by Gasteiger charge is -2.33. The normalized spacial score (nSPS) is 17.8. The molecule has 0 radical (unpaired) electrons. The number of hydrogen-bond donors (Lipinski definition) is 0. The number of carbonyl (C=O) groups excluding carboxylic acids is 6. The second kappa shape index (κ2) is 16.4. The Bertz CT molecular complexity index is 1830. The topological polar surface area (TPSA) is 134 Å². The second-order valence-corrected chi connectivity index (χ2v) is 13.3. The molecule has 276 valence electrons. The van der Waals surface area contributed by atoms with E-state index in [4.69, 9.17) is 9.47 Å². The van der Waals surface area contributed by atoms with Crippen LogP contribution >= 0.6 is 0 Å². The third kappa shape index (κ3) is 7.43. The molecular formula is C42H40N4O8. The number of ether oxygens (including phenoxy) is 2. The summed E-state index contributed by atoms with van der Waals surface area (Å²) in [6.07, 6.45) is 0.273. The summed E-state index contributed by atoms with van der Waals surface area (Å²) < 4.78 is 12.0. The average Bonchev–Trinajstić information content (AvgIpc) is 3.60. The van der Waals surface area contributed by atoms with Gasteiger partial charge in [0.05, 0.1) is 48.7 Å². The largest absolute Gasteiger partial charge is 0.378 e. The summed E-state index contributed by atoms with van der Waals surface area (Å²) in [6, 6.07) is 29.4. The van der Waals surface area contributed by atoms with Crippen LogP contribution < -0.4 is 0 Å². The van der Waals surface area contributed by atoms with Gasteiger partial charge in [0, 0.05) is 39.0 Å². The Hall–Kier alpha value is -5.98. The second-order valence-electron chi connectivity index (χ2n) is 13.3. The van der Waals surface area contributed by atoms with Gasteiger partial charge in [-0.25, -0.2) is 0 Å². The van der Waals surface area contributed by atoms with Crippen molar-refractivity contribution in [3.63, 3.8) is 0 Å². The van der Waals surface area contributed by atoms with Crippen molar-refractivity contribution in [1.29, 1.82) is 0 Å². The molecule has 3 aliphatic rings. The molecule has 0 unspecified atom stereocenters. The first kappa shape index (κ1) is 36.4. The van der Waals surface area contributed by atoms with Crippen LogP contribution in [-0.2, 0) is 31.9 Å². The fourth-order valence-corrected chi connectivity index (χ4v) is 7.22. The molecule has 7 rings (SSSR count). The quantitative estimate of drug-likeness (QED) is 0.252. The zero-order valence-corrected chi connectivity index (χ0v) is 29.7. The molecular weight excluding hydrogens is 688 g/mol. The lowest BCUT2D eigenvalue weighted by atomic mass is 10.0. The van der Waals surface area contributed by atoms with Crippen molar-refractivity contribution >= 4 is 35.4 Å². The summed E-state index contributed by atoms with van der Waals surface area (Å²) in [4.78, 5) is 88.2. The van der Waals surface area contributed by atoms with Gasteiger partial charge in [-0.2, -0.15) is 0 Å². The van der Waals surface area contributed by atoms with Crippen LogP contribution in [0.25, 0.3) is 0 Å². The van der Waals surface area contributed by atoms with E-state index in [1.54, 1.807) is 58.3 Å². The number of benzene rings is 4. The molecule has 1 fully saturated rings. The van der Waals surface area contributed by atoms with Crippen LogP contribution in [0.3, 0.4) is 0 Å². The molecule has 0 saturated carbocycles. The van der Waals surface area contributed by atoms with E-state index >= 15 is 0 Å². The van der Waals surface area contributed by atoms with Gasteiger partial charge >= 0.3 is 0 Å². The van der Waals surface area contributed by atoms with Crippen molar-refractivity contribution in [3.8, 4) is 0 Å². The van der Waals surface area contributed by atoms with Gasteiger partial charge in [0.1, 0.15) is 12.1 Å². The van der Waals surface area contributed by atoms with Crippen molar-refractivity contribution in [3.05, 3.63) is 143 Å². The van der Waals surface area contributed by atoms with Gasteiger partial charge in [-0.3, -0.25) is 38.6 Å². The molecule has 2 atom stereocenters. The molecule has 4 aromatic carbocycles. The van der Waals surface area contributed by atoms with Gasteiger partial charge in [-0.1, -0.05) is 84.9 Å². The molecule has 12 nitrogen and oxygen atoms in total. The zero-order valence-electron chi connectivity index (χ0n) is 29.7. The number of amides is 6. The first-order chi connectivity index (χ1) is 26.3. The Morgan fingerprint density at radius 1 is 0.444 bits per heavy atom. The maximum absolute atomic E-state index is 14.3. The third-order valence-corrected chi connectivity index (χ3v) is 10.0. The highest BCUT2D eigenvalue weighted by atomic mass is 16.5. The lowest BCUT2D eigenvalue weighted by molar-refractivity contribution is -0.139. The minimum absolute atomic E-state index is 0.111. The number of rotatable bonds is 8. The Morgan fingerprint density at radius 2 is 0.722 bits per heavy atom. The fourth-order valence-electron chi connectivity index (χ4n) is 7.22. The first-order valence-electron chi connectivity index (χ1n) is 18.1. The molecule has 0 aromatic heterocycles. The van der Waals surface area contributed by atoms with E-state index in [9.17, 15) is 28.8 Å². The third-order valence-electron chi connectivity index (χ3n) is 10.0. The molecule has 3 heterocycles. The van der Waals surface area contributed by atoms with Crippen molar-refractivity contribution in [2.45, 2.75) is 24.9 Å². The van der Waals surface area contributed by atoms with Crippen molar-refractivity contribution < 1.29 is 38.2 Å². The van der Waals surface area contributed by atoms with Crippen LogP contribution in [0, 0.1) is 0 Å². The van der Waals surface area contributed by atoms with Crippen molar-refractivity contribution in [2.75, 3.05) is 52.6 Å². The average molecular weight is 729 g/mol. The Morgan fingerprint density at radius 3 is 1.02 bits per heavy atom. The van der Waals surface area contributed by atoms with Crippen LogP contribution in [-0.4, -0.2) is 120 Å². The maximum Gasteiger partial charge on any atom is 0.262 e. The van der Waals surface area contributed by atoms with E-state index in [0.29, 0.717) is 0 Å². The minimum atomic E-state index is -1.09. The highest BCUT2D eigenvalue weighted by Crippen LogP contribution is 2.28. The highest BCUT2D eigenvalue weighted by Gasteiger charge is 2.45. The zero-order chi connectivity index (χ0) is 37.6. The van der Waals surface area contributed by atoms with E-state index in [1.807, 2.05) is 60.7 Å². The van der Waals surface area contributed by atoms with Gasteiger partial charge in [-0.05, 0) is 35.4 Å². The fraction of sp³-hybridized carbons (Fsp3) is 0.286. The summed E-state index contributed by atoms with van der Waals surface area (Å²) in [5.74, 6) is -2.85. The van der Waals surface area contributed by atoms with Crippen LogP contribution in [0.2, 0.25) is 0 Å². The molecule has 0 bridgehead atoms. The number of carbonyl (C=O) groups is 6. The predicted octanol–water partition coefficient (Wildman–Crippen LogP) is 3.51. The Kier molecular flexibility index (Phi) is 11.0. The van der Waals surface area contributed by atoms with E-state index in [0.717, 1.165) is 20.9 Å². The molecule has 54 heavy (non-hydrogen) atoms. The molecule has 4 aromatic rings. The van der Waals surface area contributed by atoms with Crippen LogP contribution in [0.15, 0.2) is 109 Å². The Labute approximate surface area is 312 Å². The van der Waals surface area contributed by atoms with E-state index in [1.165, 1.54) is 0 Å². The molecule has 12 heteroatoms. The van der Waals surface area contributed by atoms with Crippen molar-refractivity contribution in [2.24, 2.45) is 0 Å². The van der Waals surface area contributed by atoms with E-state index < -0.39 is 47.5 Å². The molecule has 3 aliphatic heterocycles. The molecule has 1 saturated heterocycles. The number of fused-ring (bicyclic) bond motifs is 2. The Balaban J connectivity index is 1.05. The van der Waals surface area contributed by atoms with E-state index in [-0.39, 0.29) is 87.7 Å². The molecule has 0 N–H and O–H groups in total. The van der Waals surface area contributed by atoms with E-state index in [2.05, 4.69) is 0 Å². The van der Waals surface area contributed by atoms with Gasteiger partial charge in [-0.15, -0.1) is 0 Å². The van der Waals surface area contributed by atoms with Crippen LogP contribution in [0.1, 0.15) is 52.6 Å². The standard InChI is InChI=1S/C42H40N4O8/c47-37-31-15-7-8-16-32(31)38(48)45(37)35(27-29-11-3-1-4-12-29)41(51)43-19-23-53-25-21-44(22-26-54-24-20-43)42(52)36(28-30-13-5-2-6-14-30)46-39(49)33-17-9-10-18-34(33)40(46)50/h1-18,35-36H,19-28H2/t35-,36+. The van der Waals surface area contributed by atoms with Gasteiger partial charge in [0.2, 0.25) is 11.8 Å². The predicted molar refractivity (Wildman–Crippen MR) is 197 cm³/mol. The summed E-state index contributed by atoms with van der Waals surface area (Å²) in [7, 11) is 0. The van der Waals surface area contributed by atoms with Crippen molar-refractivity contribution in [1.82, 2.24) is 19.6 Å².